The van der Waals surface area contributed by atoms with Crippen LogP contribution in [0.4, 0.5) is 0 Å². The van der Waals surface area contributed by atoms with E-state index in [2.05, 4.69) is 0 Å². The van der Waals surface area contributed by atoms with Crippen molar-refractivity contribution >= 4 is 5.97 Å². The second kappa shape index (κ2) is 5.29. The predicted octanol–water partition coefficient (Wildman–Crippen LogP) is 2.96. The summed E-state index contributed by atoms with van der Waals surface area (Å²) in [5, 5.41) is 9.16. The minimum Gasteiger partial charge on any atom is -0.493 e. The summed E-state index contributed by atoms with van der Waals surface area (Å²) in [4.78, 5) is 11.2. The highest BCUT2D eigenvalue weighted by molar-refractivity contribution is 5.91. The van der Waals surface area contributed by atoms with Gasteiger partial charge in [0.1, 0.15) is 17.1 Å². The van der Waals surface area contributed by atoms with Crippen molar-refractivity contribution in [1.82, 2.24) is 0 Å². The van der Waals surface area contributed by atoms with Gasteiger partial charge in [0.05, 0.1) is 12.7 Å². The summed E-state index contributed by atoms with van der Waals surface area (Å²) in [5.41, 5.74) is 0.150. The molecular formula is C14H18O4. The van der Waals surface area contributed by atoms with Crippen molar-refractivity contribution in [1.29, 1.82) is 0 Å². The highest BCUT2D eigenvalue weighted by Gasteiger charge is 2.22. The molecule has 4 heteroatoms. The Balaban J connectivity index is 2.13. The fourth-order valence-corrected chi connectivity index (χ4v) is 1.62. The Labute approximate surface area is 107 Å². The molecule has 1 aromatic rings. The first kappa shape index (κ1) is 12.7. The lowest BCUT2D eigenvalue weighted by Crippen LogP contribution is -2.10. The monoisotopic (exact) mass is 250 g/mol. The molecule has 0 unspecified atom stereocenters. The molecule has 0 heterocycles. The number of carbonyl (C=O) groups is 1. The lowest BCUT2D eigenvalue weighted by Gasteiger charge is -2.13. The molecule has 1 aliphatic carbocycles. The zero-order valence-corrected chi connectivity index (χ0v) is 10.7. The normalized spacial score (nSPS) is 14.6. The van der Waals surface area contributed by atoms with Crippen LogP contribution >= 0.6 is 0 Å². The Morgan fingerprint density at radius 2 is 2.17 bits per heavy atom. The Morgan fingerprint density at radius 1 is 1.44 bits per heavy atom. The van der Waals surface area contributed by atoms with Crippen LogP contribution in [-0.2, 0) is 0 Å². The molecule has 0 amide bonds. The van der Waals surface area contributed by atoms with Crippen molar-refractivity contribution in [2.75, 3.05) is 6.61 Å². The first-order valence-corrected chi connectivity index (χ1v) is 6.23. The molecule has 0 aliphatic heterocycles. The molecule has 0 atom stereocenters. The third kappa shape index (κ3) is 3.39. The zero-order chi connectivity index (χ0) is 13.1. The third-order valence-corrected chi connectivity index (χ3v) is 2.73. The van der Waals surface area contributed by atoms with Gasteiger partial charge in [0.25, 0.3) is 0 Å². The molecule has 1 aromatic carbocycles. The smallest absolute Gasteiger partial charge is 0.339 e. The molecule has 1 saturated carbocycles. The van der Waals surface area contributed by atoms with E-state index in [1.807, 2.05) is 13.8 Å². The first-order valence-electron chi connectivity index (χ1n) is 6.23. The summed E-state index contributed by atoms with van der Waals surface area (Å²) in [5.74, 6) is 0.624. The summed E-state index contributed by atoms with van der Waals surface area (Å²) >= 11 is 0. The van der Waals surface area contributed by atoms with Gasteiger partial charge >= 0.3 is 5.97 Å². The van der Waals surface area contributed by atoms with Gasteiger partial charge in [-0.3, -0.25) is 0 Å². The standard InChI is InChI=1S/C14H18O4/c1-9(2)18-13-6-5-11(7-12(13)14(15)16)17-8-10-3-4-10/h5-7,9-10H,3-4,8H2,1-2H3,(H,15,16). The van der Waals surface area contributed by atoms with Crippen molar-refractivity contribution in [3.05, 3.63) is 23.8 Å². The summed E-state index contributed by atoms with van der Waals surface area (Å²) in [6.45, 7) is 4.40. The molecule has 0 bridgehead atoms. The van der Waals surface area contributed by atoms with E-state index < -0.39 is 5.97 Å². The number of aromatic carboxylic acids is 1. The summed E-state index contributed by atoms with van der Waals surface area (Å²) in [7, 11) is 0. The molecule has 1 fully saturated rings. The maximum absolute atomic E-state index is 11.2. The van der Waals surface area contributed by atoms with Crippen molar-refractivity contribution < 1.29 is 19.4 Å². The maximum Gasteiger partial charge on any atom is 0.339 e. The van der Waals surface area contributed by atoms with E-state index in [1.165, 1.54) is 18.9 Å². The van der Waals surface area contributed by atoms with Gasteiger partial charge in [-0.1, -0.05) is 0 Å². The van der Waals surface area contributed by atoms with Gasteiger partial charge in [-0.05, 0) is 50.8 Å². The minimum atomic E-state index is -0.998. The molecule has 0 spiro atoms. The van der Waals surface area contributed by atoms with Crippen LogP contribution in [0.1, 0.15) is 37.0 Å². The Kier molecular flexibility index (Phi) is 3.75. The second-order valence-electron chi connectivity index (χ2n) is 4.88. The molecule has 1 N–H and O–H groups in total. The van der Waals surface area contributed by atoms with E-state index >= 15 is 0 Å². The molecule has 0 aromatic heterocycles. The van der Waals surface area contributed by atoms with E-state index in [0.717, 1.165) is 0 Å². The lowest BCUT2D eigenvalue weighted by atomic mass is 10.2. The summed E-state index contributed by atoms with van der Waals surface area (Å²) in [6.07, 6.45) is 2.36. The Hall–Kier alpha value is -1.71. The topological polar surface area (TPSA) is 55.8 Å². The molecule has 18 heavy (non-hydrogen) atoms. The molecule has 0 saturated heterocycles. The minimum absolute atomic E-state index is 0.0543. The van der Waals surface area contributed by atoms with Crippen molar-refractivity contribution in [3.8, 4) is 11.5 Å². The van der Waals surface area contributed by atoms with Gasteiger partial charge in [0.15, 0.2) is 0 Å². The number of ether oxygens (including phenoxy) is 2. The highest BCUT2D eigenvalue weighted by Crippen LogP contribution is 2.31. The van der Waals surface area contributed by atoms with Crippen LogP contribution in [0, 0.1) is 5.92 Å². The fraction of sp³-hybridized carbons (Fsp3) is 0.500. The van der Waals surface area contributed by atoms with E-state index in [0.29, 0.717) is 24.0 Å². The second-order valence-corrected chi connectivity index (χ2v) is 4.88. The fourth-order valence-electron chi connectivity index (χ4n) is 1.62. The number of carboxylic acids is 1. The summed E-state index contributed by atoms with van der Waals surface area (Å²) in [6, 6.07) is 4.95. The average Bonchev–Trinajstić information content (AvgIpc) is 3.10. The van der Waals surface area contributed by atoms with E-state index in [9.17, 15) is 4.79 Å². The molecule has 1 aliphatic rings. The van der Waals surface area contributed by atoms with Crippen LogP contribution in [0.3, 0.4) is 0 Å². The number of carboxylic acid groups (broad SMARTS) is 1. The van der Waals surface area contributed by atoms with E-state index in [-0.39, 0.29) is 11.7 Å². The van der Waals surface area contributed by atoms with Gasteiger partial charge in [-0.15, -0.1) is 0 Å². The number of hydrogen-bond acceptors (Lipinski definition) is 3. The predicted molar refractivity (Wildman–Crippen MR) is 67.4 cm³/mol. The number of hydrogen-bond donors (Lipinski definition) is 1. The largest absolute Gasteiger partial charge is 0.493 e. The SMILES string of the molecule is CC(C)Oc1ccc(OCC2CC2)cc1C(=O)O. The van der Waals surface area contributed by atoms with Gasteiger partial charge < -0.3 is 14.6 Å². The molecule has 2 rings (SSSR count). The number of rotatable bonds is 6. The summed E-state index contributed by atoms with van der Waals surface area (Å²) < 4.78 is 11.0. The van der Waals surface area contributed by atoms with Crippen LogP contribution in [0.2, 0.25) is 0 Å². The van der Waals surface area contributed by atoms with E-state index in [1.54, 1.807) is 12.1 Å². The molecule has 4 nitrogen and oxygen atoms in total. The van der Waals surface area contributed by atoms with Gasteiger partial charge in [-0.2, -0.15) is 0 Å². The van der Waals surface area contributed by atoms with Crippen molar-refractivity contribution in [3.63, 3.8) is 0 Å². The highest BCUT2D eigenvalue weighted by atomic mass is 16.5. The van der Waals surface area contributed by atoms with Crippen LogP contribution in [0.5, 0.6) is 11.5 Å². The van der Waals surface area contributed by atoms with Crippen LogP contribution in [-0.4, -0.2) is 23.8 Å². The first-order chi connectivity index (χ1) is 8.56. The zero-order valence-electron chi connectivity index (χ0n) is 10.7. The van der Waals surface area contributed by atoms with Crippen molar-refractivity contribution in [2.45, 2.75) is 32.8 Å². The Morgan fingerprint density at radius 3 is 2.72 bits per heavy atom. The maximum atomic E-state index is 11.2. The quantitative estimate of drug-likeness (QED) is 0.843. The Bertz CT molecular complexity index is 435. The van der Waals surface area contributed by atoms with Gasteiger partial charge in [0.2, 0.25) is 0 Å². The number of benzene rings is 1. The van der Waals surface area contributed by atoms with Crippen molar-refractivity contribution in [2.24, 2.45) is 5.92 Å². The molecule has 98 valence electrons. The van der Waals surface area contributed by atoms with Gasteiger partial charge in [0, 0.05) is 0 Å². The lowest BCUT2D eigenvalue weighted by molar-refractivity contribution is 0.0690. The van der Waals surface area contributed by atoms with Crippen LogP contribution < -0.4 is 9.47 Å². The van der Waals surface area contributed by atoms with Crippen LogP contribution in [0.25, 0.3) is 0 Å². The average molecular weight is 250 g/mol. The van der Waals surface area contributed by atoms with Gasteiger partial charge in [-0.25, -0.2) is 4.79 Å². The third-order valence-electron chi connectivity index (χ3n) is 2.73. The molecular weight excluding hydrogens is 232 g/mol. The van der Waals surface area contributed by atoms with E-state index in [4.69, 9.17) is 14.6 Å². The molecule has 0 radical (unpaired) electrons. The van der Waals surface area contributed by atoms with Crippen LogP contribution in [0.15, 0.2) is 18.2 Å².